The molecule has 1 N–H and O–H groups in total. The molecule has 3 aromatic carbocycles. The second-order valence-electron chi connectivity index (χ2n) is 10.9. The molecule has 0 fully saturated rings. The zero-order valence-electron chi connectivity index (χ0n) is 23.9. The maximum absolute atomic E-state index is 14.2. The molecule has 0 heterocycles. The monoisotopic (exact) mass is 627 g/mol. The Morgan fingerprint density at radius 1 is 0.950 bits per heavy atom. The van der Waals surface area contributed by atoms with E-state index in [1.165, 1.54) is 17.0 Å². The molecule has 1 unspecified atom stereocenters. The molecule has 9 heteroatoms. The van der Waals surface area contributed by atoms with Crippen LogP contribution >= 0.6 is 15.9 Å². The van der Waals surface area contributed by atoms with Crippen molar-refractivity contribution in [1.82, 2.24) is 10.2 Å². The van der Waals surface area contributed by atoms with Gasteiger partial charge in [0.25, 0.3) is 10.0 Å². The molecular formula is C31H38BrN3O4S. The van der Waals surface area contributed by atoms with Crippen molar-refractivity contribution in [1.29, 1.82) is 0 Å². The van der Waals surface area contributed by atoms with Gasteiger partial charge in [0.2, 0.25) is 11.8 Å². The van der Waals surface area contributed by atoms with Crippen molar-refractivity contribution in [2.24, 2.45) is 0 Å². The van der Waals surface area contributed by atoms with Crippen molar-refractivity contribution in [2.45, 2.75) is 71.0 Å². The molecule has 40 heavy (non-hydrogen) atoms. The Kier molecular flexibility index (Phi) is 10.2. The lowest BCUT2D eigenvalue weighted by Crippen LogP contribution is -2.55. The average molecular weight is 629 g/mol. The van der Waals surface area contributed by atoms with Gasteiger partial charge < -0.3 is 10.2 Å². The van der Waals surface area contributed by atoms with Crippen LogP contribution in [0.4, 0.5) is 5.69 Å². The number of carbonyl (C=O) groups is 2. The van der Waals surface area contributed by atoms with Crippen molar-refractivity contribution in [3.05, 3.63) is 94.0 Å². The van der Waals surface area contributed by atoms with Crippen molar-refractivity contribution in [3.8, 4) is 0 Å². The zero-order valence-corrected chi connectivity index (χ0v) is 26.3. The maximum atomic E-state index is 14.2. The molecule has 0 aliphatic heterocycles. The van der Waals surface area contributed by atoms with Crippen LogP contribution in [-0.4, -0.2) is 43.3 Å². The molecule has 1 atom stereocenters. The van der Waals surface area contributed by atoms with E-state index in [1.807, 2.05) is 65.8 Å². The normalized spacial score (nSPS) is 12.5. The summed E-state index contributed by atoms with van der Waals surface area (Å²) in [6, 6.07) is 20.2. The summed E-state index contributed by atoms with van der Waals surface area (Å²) in [5.74, 6) is -0.762. The lowest BCUT2D eigenvalue weighted by atomic mass is 10.0. The number of rotatable bonds is 10. The predicted molar refractivity (Wildman–Crippen MR) is 164 cm³/mol. The highest BCUT2D eigenvalue weighted by Gasteiger charge is 2.34. The van der Waals surface area contributed by atoms with Crippen molar-refractivity contribution in [2.75, 3.05) is 10.8 Å². The predicted octanol–water partition coefficient (Wildman–Crippen LogP) is 5.98. The molecule has 0 bridgehead atoms. The third kappa shape index (κ3) is 7.95. The van der Waals surface area contributed by atoms with Gasteiger partial charge in [-0.05, 0) is 82.5 Å². The maximum Gasteiger partial charge on any atom is 0.264 e. The Balaban J connectivity index is 2.09. The number of aryl methyl sites for hydroxylation is 2. The van der Waals surface area contributed by atoms with E-state index >= 15 is 0 Å². The molecule has 3 aromatic rings. The molecule has 214 valence electrons. The zero-order chi connectivity index (χ0) is 29.7. The first-order valence-corrected chi connectivity index (χ1v) is 15.5. The van der Waals surface area contributed by atoms with Crippen LogP contribution in [0.2, 0.25) is 0 Å². The van der Waals surface area contributed by atoms with Gasteiger partial charge in [0.05, 0.1) is 10.6 Å². The van der Waals surface area contributed by atoms with Gasteiger partial charge in [-0.1, -0.05) is 70.9 Å². The molecule has 2 amide bonds. The van der Waals surface area contributed by atoms with Crippen LogP contribution in [0.25, 0.3) is 0 Å². The first kappa shape index (κ1) is 31.4. The number of hydrogen-bond donors (Lipinski definition) is 1. The third-order valence-corrected chi connectivity index (χ3v) is 8.75. The standard InChI is InChI=1S/C31H38BrN3O4S/c1-7-28(30(37)33-31(4,5)6)34(20-24-12-9-8-11-23(24)3)29(36)21-35(26-14-10-13-25(32)19-26)40(38,39)27-17-15-22(2)16-18-27/h8-19,28H,7,20-21H2,1-6H3,(H,33,37). The number of halogens is 1. The van der Waals surface area contributed by atoms with Gasteiger partial charge in [0, 0.05) is 16.6 Å². The van der Waals surface area contributed by atoms with E-state index in [4.69, 9.17) is 0 Å². The summed E-state index contributed by atoms with van der Waals surface area (Å²) >= 11 is 3.42. The van der Waals surface area contributed by atoms with Crippen LogP contribution in [0, 0.1) is 13.8 Å². The minimum absolute atomic E-state index is 0.0776. The van der Waals surface area contributed by atoms with Gasteiger partial charge in [-0.2, -0.15) is 0 Å². The largest absolute Gasteiger partial charge is 0.350 e. The van der Waals surface area contributed by atoms with Crippen LogP contribution in [0.15, 0.2) is 82.2 Å². The topological polar surface area (TPSA) is 86.8 Å². The Labute approximate surface area is 246 Å². The number of nitrogens with one attached hydrogen (secondary N) is 1. The third-order valence-electron chi connectivity index (χ3n) is 6.47. The van der Waals surface area contributed by atoms with Gasteiger partial charge in [-0.15, -0.1) is 0 Å². The van der Waals surface area contributed by atoms with Gasteiger partial charge in [0.1, 0.15) is 12.6 Å². The molecular weight excluding hydrogens is 590 g/mol. The van der Waals surface area contributed by atoms with E-state index in [9.17, 15) is 18.0 Å². The first-order chi connectivity index (χ1) is 18.7. The fourth-order valence-electron chi connectivity index (χ4n) is 4.34. The second-order valence-corrected chi connectivity index (χ2v) is 13.7. The smallest absolute Gasteiger partial charge is 0.264 e. The molecule has 0 aliphatic carbocycles. The van der Waals surface area contributed by atoms with E-state index in [0.717, 1.165) is 21.0 Å². The second kappa shape index (κ2) is 13.0. The summed E-state index contributed by atoms with van der Waals surface area (Å²) in [6.45, 7) is 11.0. The number of benzene rings is 3. The Hall–Kier alpha value is -3.17. The number of sulfonamides is 1. The molecule has 0 aliphatic rings. The molecule has 0 saturated carbocycles. The highest BCUT2D eigenvalue weighted by molar-refractivity contribution is 9.10. The summed E-state index contributed by atoms with van der Waals surface area (Å²) in [7, 11) is -4.11. The SMILES string of the molecule is CCC(C(=O)NC(C)(C)C)N(Cc1ccccc1C)C(=O)CN(c1cccc(Br)c1)S(=O)(=O)c1ccc(C)cc1. The van der Waals surface area contributed by atoms with Crippen LogP contribution in [0.1, 0.15) is 50.8 Å². The molecule has 0 saturated heterocycles. The number of carbonyl (C=O) groups excluding carboxylic acids is 2. The Morgan fingerprint density at radius 2 is 1.60 bits per heavy atom. The van der Waals surface area contributed by atoms with Gasteiger partial charge in [-0.3, -0.25) is 13.9 Å². The lowest BCUT2D eigenvalue weighted by Gasteiger charge is -2.35. The van der Waals surface area contributed by atoms with Crippen LogP contribution in [0.5, 0.6) is 0 Å². The van der Waals surface area contributed by atoms with Crippen molar-refractivity contribution < 1.29 is 18.0 Å². The first-order valence-electron chi connectivity index (χ1n) is 13.2. The summed E-state index contributed by atoms with van der Waals surface area (Å²) < 4.78 is 29.7. The Morgan fingerprint density at radius 3 is 2.17 bits per heavy atom. The van der Waals surface area contributed by atoms with Gasteiger partial charge in [0.15, 0.2) is 0 Å². The lowest BCUT2D eigenvalue weighted by molar-refractivity contribution is -0.141. The van der Waals surface area contributed by atoms with E-state index in [2.05, 4.69) is 21.2 Å². The fourth-order valence-corrected chi connectivity index (χ4v) is 6.13. The van der Waals surface area contributed by atoms with E-state index in [-0.39, 0.29) is 17.3 Å². The molecule has 0 radical (unpaired) electrons. The van der Waals surface area contributed by atoms with E-state index in [0.29, 0.717) is 16.6 Å². The minimum Gasteiger partial charge on any atom is -0.350 e. The van der Waals surface area contributed by atoms with E-state index in [1.54, 1.807) is 36.4 Å². The number of nitrogens with zero attached hydrogens (tertiary/aromatic N) is 2. The summed E-state index contributed by atoms with van der Waals surface area (Å²) in [5.41, 5.74) is 2.62. The van der Waals surface area contributed by atoms with Crippen molar-refractivity contribution >= 4 is 43.5 Å². The summed E-state index contributed by atoms with van der Waals surface area (Å²) in [4.78, 5) is 29.2. The minimum atomic E-state index is -4.11. The Bertz CT molecular complexity index is 1450. The molecule has 7 nitrogen and oxygen atoms in total. The summed E-state index contributed by atoms with van der Waals surface area (Å²) in [6.07, 6.45) is 0.362. The number of anilines is 1. The molecule has 0 aromatic heterocycles. The number of hydrogen-bond acceptors (Lipinski definition) is 4. The van der Waals surface area contributed by atoms with Gasteiger partial charge >= 0.3 is 0 Å². The highest BCUT2D eigenvalue weighted by Crippen LogP contribution is 2.27. The van der Waals surface area contributed by atoms with Crippen LogP contribution in [-0.2, 0) is 26.2 Å². The van der Waals surface area contributed by atoms with E-state index < -0.39 is 34.1 Å². The molecule has 3 rings (SSSR count). The average Bonchev–Trinajstić information content (AvgIpc) is 2.87. The van der Waals surface area contributed by atoms with Crippen molar-refractivity contribution in [3.63, 3.8) is 0 Å². The fraction of sp³-hybridized carbons (Fsp3) is 0.355. The quantitative estimate of drug-likeness (QED) is 0.299. The van der Waals surface area contributed by atoms with Gasteiger partial charge in [-0.25, -0.2) is 8.42 Å². The van der Waals surface area contributed by atoms with Crippen LogP contribution in [0.3, 0.4) is 0 Å². The number of amides is 2. The molecule has 0 spiro atoms. The summed E-state index contributed by atoms with van der Waals surface area (Å²) in [5, 5.41) is 2.99. The van der Waals surface area contributed by atoms with Crippen LogP contribution < -0.4 is 9.62 Å². The highest BCUT2D eigenvalue weighted by atomic mass is 79.9.